The number of methoxy groups -OCH3 is 1. The molecule has 0 N–H and O–H groups in total. The number of carbonyl (C=O) groups excluding carboxylic acids is 4. The van der Waals surface area contributed by atoms with E-state index in [2.05, 4.69) is 19.1 Å². The molecule has 0 radical (unpaired) electrons. The van der Waals surface area contributed by atoms with Gasteiger partial charge in [0.15, 0.2) is 29.8 Å². The predicted octanol–water partition coefficient (Wildman–Crippen LogP) is 8.53. The standard InChI is InChI=1S/C44H60F3NO10/c1-6-7-8-9-10-11-12-13-14-15-16-17-18-19-20-21-35(49)54-29(2)39(50)55-30(3)40(51)56-33-24-25-43(58-41(52)44(45,46)47)34-28-31-22-23-32(53-5)37-36(31)42(43,38(33)57-37)26-27-48(34)4/h13-14,22-24,29-30,34,38H,6-12,15-21,25-28H2,1-5H3/b14-13-/t29-,30-,34?,38-,42-,43+/m0/s1. The minimum absolute atomic E-state index is 0.0135. The average molecular weight is 820 g/mol. The molecular weight excluding hydrogens is 759 g/mol. The monoisotopic (exact) mass is 819 g/mol. The number of likely N-dealkylation sites (tertiary alicyclic amines) is 1. The second-order valence-electron chi connectivity index (χ2n) is 16.1. The molecule has 6 atom stereocenters. The highest BCUT2D eigenvalue weighted by molar-refractivity contribution is 5.83. The fraction of sp³-hybridized carbons (Fsp3) is 0.682. The molecule has 322 valence electrons. The number of alkyl halides is 3. The maximum absolute atomic E-state index is 13.8. The van der Waals surface area contributed by atoms with Crippen LogP contribution >= 0.6 is 0 Å². The van der Waals surface area contributed by atoms with Gasteiger partial charge < -0.3 is 28.4 Å². The molecule has 58 heavy (non-hydrogen) atoms. The summed E-state index contributed by atoms with van der Waals surface area (Å²) < 4.78 is 75.4. The number of carbonyl (C=O) groups is 4. The maximum Gasteiger partial charge on any atom is 0.490 e. The Morgan fingerprint density at radius 3 is 2.21 bits per heavy atom. The highest BCUT2D eigenvalue weighted by atomic mass is 19.4. The van der Waals surface area contributed by atoms with Crippen LogP contribution in [0.5, 0.6) is 11.5 Å². The van der Waals surface area contributed by atoms with E-state index in [1.165, 1.54) is 65.6 Å². The fourth-order valence-electron chi connectivity index (χ4n) is 9.14. The molecular formula is C44H60F3NO10. The zero-order valence-electron chi connectivity index (χ0n) is 34.6. The van der Waals surface area contributed by atoms with Crippen molar-refractivity contribution in [1.82, 2.24) is 4.90 Å². The number of rotatable bonds is 22. The Bertz CT molecular complexity index is 1690. The lowest BCUT2D eigenvalue weighted by molar-refractivity contribution is -0.242. The van der Waals surface area contributed by atoms with Crippen LogP contribution in [-0.4, -0.2) is 85.6 Å². The molecule has 0 amide bonds. The van der Waals surface area contributed by atoms with Crippen LogP contribution in [0.15, 0.2) is 36.1 Å². The van der Waals surface area contributed by atoms with E-state index >= 15 is 0 Å². The van der Waals surface area contributed by atoms with Crippen LogP contribution < -0.4 is 9.47 Å². The first-order valence-electron chi connectivity index (χ1n) is 21.0. The summed E-state index contributed by atoms with van der Waals surface area (Å²) in [6, 6.07) is 2.88. The lowest BCUT2D eigenvalue weighted by atomic mass is 9.50. The highest BCUT2D eigenvalue weighted by Gasteiger charge is 2.75. The normalized spacial score (nSPS) is 24.2. The molecule has 0 aromatic heterocycles. The SMILES string of the molecule is CCCCCCCC/C=C\CCCCCCCC(=O)O[C@@H](C)C(=O)O[C@@H](C)C(=O)OC1=CC[C@@]2(OC(=O)C(F)(F)F)C3Cc4ccc(OC)c5c4[C@@]2(CCN3C)[C@H]1O5. The molecule has 1 unspecified atom stereocenters. The fourth-order valence-corrected chi connectivity index (χ4v) is 9.14. The summed E-state index contributed by atoms with van der Waals surface area (Å²) in [6.07, 6.45) is 11.9. The third-order valence-electron chi connectivity index (χ3n) is 12.2. The first-order valence-corrected chi connectivity index (χ1v) is 21.0. The average Bonchev–Trinajstić information content (AvgIpc) is 3.54. The van der Waals surface area contributed by atoms with Crippen LogP contribution in [0.2, 0.25) is 0 Å². The van der Waals surface area contributed by atoms with Crippen molar-refractivity contribution < 1.29 is 60.8 Å². The first kappa shape index (κ1) is 45.0. The van der Waals surface area contributed by atoms with Gasteiger partial charge in [-0.2, -0.15) is 13.2 Å². The van der Waals surface area contributed by atoms with Gasteiger partial charge in [-0.25, -0.2) is 14.4 Å². The van der Waals surface area contributed by atoms with Crippen molar-refractivity contribution in [3.05, 3.63) is 47.2 Å². The molecule has 1 spiro atoms. The quantitative estimate of drug-likeness (QED) is 0.0484. The second kappa shape index (κ2) is 19.8. The Labute approximate surface area is 339 Å². The Kier molecular flexibility index (Phi) is 15.4. The van der Waals surface area contributed by atoms with Crippen molar-refractivity contribution in [3.8, 4) is 11.5 Å². The van der Waals surface area contributed by atoms with Crippen molar-refractivity contribution in [2.24, 2.45) is 0 Å². The topological polar surface area (TPSA) is 127 Å². The van der Waals surface area contributed by atoms with Gasteiger partial charge in [0.25, 0.3) is 0 Å². The summed E-state index contributed by atoms with van der Waals surface area (Å²) >= 11 is 0. The Balaban J connectivity index is 1.12. The van der Waals surface area contributed by atoms with Crippen LogP contribution in [0.25, 0.3) is 0 Å². The second-order valence-corrected chi connectivity index (χ2v) is 16.1. The van der Waals surface area contributed by atoms with Gasteiger partial charge in [-0.05, 0) is 90.1 Å². The molecule has 5 rings (SSSR count). The number of ether oxygens (including phenoxy) is 6. The molecule has 2 aliphatic heterocycles. The number of piperidine rings is 1. The van der Waals surface area contributed by atoms with Gasteiger partial charge in [0, 0.05) is 18.4 Å². The summed E-state index contributed by atoms with van der Waals surface area (Å²) in [7, 11) is 3.20. The van der Waals surface area contributed by atoms with Gasteiger partial charge in [0.05, 0.1) is 18.6 Å². The first-order chi connectivity index (χ1) is 27.7. The van der Waals surface area contributed by atoms with E-state index in [1.807, 2.05) is 11.0 Å². The van der Waals surface area contributed by atoms with Crippen molar-refractivity contribution in [2.45, 2.75) is 171 Å². The van der Waals surface area contributed by atoms with E-state index < -0.39 is 65.4 Å². The minimum atomic E-state index is -5.25. The molecule has 1 saturated heterocycles. The molecule has 14 heteroatoms. The van der Waals surface area contributed by atoms with Gasteiger partial charge in [-0.3, -0.25) is 9.69 Å². The third kappa shape index (κ3) is 9.69. The number of unbranched alkanes of at least 4 members (excludes halogenated alkanes) is 11. The number of benzene rings is 1. The van der Waals surface area contributed by atoms with Crippen LogP contribution in [0.1, 0.15) is 135 Å². The Morgan fingerprint density at radius 1 is 0.914 bits per heavy atom. The van der Waals surface area contributed by atoms with Crippen LogP contribution in [0.4, 0.5) is 13.2 Å². The molecule has 2 heterocycles. The molecule has 4 aliphatic rings. The molecule has 1 aromatic carbocycles. The van der Waals surface area contributed by atoms with Gasteiger partial charge in [-0.15, -0.1) is 0 Å². The minimum Gasteiger partial charge on any atom is -0.493 e. The van der Waals surface area contributed by atoms with Crippen molar-refractivity contribution >= 4 is 23.9 Å². The zero-order chi connectivity index (χ0) is 42.1. The lowest BCUT2D eigenvalue weighted by Crippen LogP contribution is -2.76. The Morgan fingerprint density at radius 2 is 1.55 bits per heavy atom. The van der Waals surface area contributed by atoms with Gasteiger partial charge in [-0.1, -0.05) is 76.5 Å². The molecule has 11 nitrogen and oxygen atoms in total. The lowest BCUT2D eigenvalue weighted by Gasteiger charge is -2.62. The molecule has 1 aromatic rings. The summed E-state index contributed by atoms with van der Waals surface area (Å²) in [5.41, 5.74) is -1.72. The number of hydrogen-bond donors (Lipinski definition) is 0. The predicted molar refractivity (Wildman–Crippen MR) is 208 cm³/mol. The van der Waals surface area contributed by atoms with Gasteiger partial charge in [0.1, 0.15) is 11.4 Å². The van der Waals surface area contributed by atoms with Gasteiger partial charge >= 0.3 is 30.1 Å². The van der Waals surface area contributed by atoms with E-state index in [-0.39, 0.29) is 37.2 Å². The summed E-state index contributed by atoms with van der Waals surface area (Å²) in [4.78, 5) is 53.3. The van der Waals surface area contributed by atoms with E-state index in [0.29, 0.717) is 24.3 Å². The molecule has 1 fully saturated rings. The van der Waals surface area contributed by atoms with Crippen molar-refractivity contribution in [1.29, 1.82) is 0 Å². The zero-order valence-corrected chi connectivity index (χ0v) is 34.6. The highest BCUT2D eigenvalue weighted by Crippen LogP contribution is 2.66. The van der Waals surface area contributed by atoms with Crippen molar-refractivity contribution in [3.63, 3.8) is 0 Å². The maximum atomic E-state index is 13.8. The molecule has 2 bridgehead atoms. The van der Waals surface area contributed by atoms with Crippen LogP contribution in [0.3, 0.4) is 0 Å². The smallest absolute Gasteiger partial charge is 0.490 e. The number of hydrogen-bond acceptors (Lipinski definition) is 11. The molecule has 2 aliphatic carbocycles. The third-order valence-corrected chi connectivity index (χ3v) is 12.2. The van der Waals surface area contributed by atoms with Gasteiger partial charge in [0.2, 0.25) is 0 Å². The van der Waals surface area contributed by atoms with Crippen molar-refractivity contribution in [2.75, 3.05) is 20.7 Å². The molecule has 0 saturated carbocycles. The van der Waals surface area contributed by atoms with Crippen LogP contribution in [-0.2, 0) is 50.0 Å². The van der Waals surface area contributed by atoms with E-state index in [0.717, 1.165) is 44.1 Å². The number of halogens is 3. The van der Waals surface area contributed by atoms with Crippen LogP contribution in [0, 0.1) is 0 Å². The summed E-state index contributed by atoms with van der Waals surface area (Å²) in [5.74, 6) is -4.19. The summed E-state index contributed by atoms with van der Waals surface area (Å²) in [5, 5.41) is 0. The largest absolute Gasteiger partial charge is 0.493 e. The Hall–Kier alpha value is -4.07. The number of esters is 4. The number of likely N-dealkylation sites (N-methyl/N-ethyl adjacent to an activating group) is 1. The van der Waals surface area contributed by atoms with E-state index in [1.54, 1.807) is 13.1 Å². The van der Waals surface area contributed by atoms with E-state index in [4.69, 9.17) is 28.4 Å². The number of nitrogens with zero attached hydrogens (tertiary/aromatic N) is 1. The number of allylic oxidation sites excluding steroid dienone is 2. The van der Waals surface area contributed by atoms with E-state index in [9.17, 15) is 32.3 Å². The summed E-state index contributed by atoms with van der Waals surface area (Å²) in [6.45, 7) is 5.31.